The molecule has 0 spiro atoms. The molecule has 3 unspecified atom stereocenters. The maximum atomic E-state index is 12.5. The van der Waals surface area contributed by atoms with Crippen LogP contribution in [0.3, 0.4) is 0 Å². The molecule has 0 aromatic heterocycles. The molecule has 34 heavy (non-hydrogen) atoms. The average Bonchev–Trinajstić information content (AvgIpc) is 3.33. The Morgan fingerprint density at radius 1 is 1.06 bits per heavy atom. The molecule has 1 aliphatic carbocycles. The van der Waals surface area contributed by atoms with E-state index in [1.165, 1.54) is 0 Å². The van der Waals surface area contributed by atoms with E-state index in [0.717, 1.165) is 22.3 Å². The smallest absolute Gasteiger partial charge is 0.407 e. The average molecular weight is 467 g/mol. The second-order valence-electron chi connectivity index (χ2n) is 9.20. The minimum Gasteiger partial charge on any atom is -0.481 e. The van der Waals surface area contributed by atoms with Gasteiger partial charge in [-0.15, -0.1) is 0 Å². The summed E-state index contributed by atoms with van der Waals surface area (Å²) in [5.74, 6) is -1.17. The van der Waals surface area contributed by atoms with Gasteiger partial charge in [-0.05, 0) is 34.1 Å². The Balaban J connectivity index is 1.23. The summed E-state index contributed by atoms with van der Waals surface area (Å²) in [5, 5.41) is 21.8. The van der Waals surface area contributed by atoms with E-state index in [0.29, 0.717) is 13.1 Å². The maximum Gasteiger partial charge on any atom is 0.407 e. The number of rotatable bonds is 8. The van der Waals surface area contributed by atoms with E-state index >= 15 is 0 Å². The topological polar surface area (TPSA) is 116 Å². The van der Waals surface area contributed by atoms with E-state index in [1.54, 1.807) is 4.90 Å². The fourth-order valence-electron chi connectivity index (χ4n) is 4.98. The first-order valence-electron chi connectivity index (χ1n) is 11.6. The predicted octanol–water partition coefficient (Wildman–Crippen LogP) is 2.85. The Kier molecular flexibility index (Phi) is 7.17. The van der Waals surface area contributed by atoms with Gasteiger partial charge < -0.3 is 25.2 Å². The van der Waals surface area contributed by atoms with Gasteiger partial charge in [0, 0.05) is 25.6 Å². The van der Waals surface area contributed by atoms with E-state index in [-0.39, 0.29) is 49.7 Å². The largest absolute Gasteiger partial charge is 0.481 e. The van der Waals surface area contributed by atoms with Crippen LogP contribution in [-0.2, 0) is 14.3 Å². The summed E-state index contributed by atoms with van der Waals surface area (Å²) in [6, 6.07) is 16.1. The first-order valence-corrected chi connectivity index (χ1v) is 11.6. The van der Waals surface area contributed by atoms with Crippen LogP contribution in [0.4, 0.5) is 4.79 Å². The number of fused-ring (bicyclic) bond motifs is 3. The van der Waals surface area contributed by atoms with Gasteiger partial charge >= 0.3 is 12.1 Å². The molecule has 0 bridgehead atoms. The van der Waals surface area contributed by atoms with Crippen LogP contribution in [0.25, 0.3) is 11.1 Å². The molecule has 0 radical (unpaired) electrons. The number of hydrogen-bond donors (Lipinski definition) is 3. The van der Waals surface area contributed by atoms with Crippen LogP contribution < -0.4 is 5.32 Å². The van der Waals surface area contributed by atoms with E-state index in [4.69, 9.17) is 9.84 Å². The highest BCUT2D eigenvalue weighted by molar-refractivity contribution is 5.79. The second kappa shape index (κ2) is 10.3. The van der Waals surface area contributed by atoms with Crippen molar-refractivity contribution >= 4 is 18.0 Å². The van der Waals surface area contributed by atoms with E-state index in [1.807, 2.05) is 43.3 Å². The Morgan fingerprint density at radius 2 is 1.68 bits per heavy atom. The molecule has 0 saturated carbocycles. The summed E-state index contributed by atoms with van der Waals surface area (Å²) in [6.45, 7) is 2.84. The van der Waals surface area contributed by atoms with Crippen LogP contribution >= 0.6 is 0 Å². The number of carboxylic acid groups (broad SMARTS) is 1. The summed E-state index contributed by atoms with van der Waals surface area (Å²) in [7, 11) is 0. The second-order valence-corrected chi connectivity index (χ2v) is 9.20. The third kappa shape index (κ3) is 5.22. The van der Waals surface area contributed by atoms with Crippen molar-refractivity contribution in [2.45, 2.75) is 31.8 Å². The Labute approximate surface area is 198 Å². The van der Waals surface area contributed by atoms with Crippen molar-refractivity contribution < 1.29 is 29.3 Å². The van der Waals surface area contributed by atoms with E-state index < -0.39 is 18.2 Å². The number of hydrogen-bond acceptors (Lipinski definition) is 5. The standard InChI is InChI=1S/C26H30N2O6/c1-16-13-28(14-17(16)10-25(31)32)24(30)11-18(29)12-27-26(33)34-15-23-21-8-4-2-6-19(21)20-7-3-5-9-22(20)23/h2-9,16-18,23,29H,10-15H2,1H3,(H,27,33)(H,31,32). The molecular weight excluding hydrogens is 436 g/mol. The molecule has 2 aliphatic rings. The van der Waals surface area contributed by atoms with Crippen LogP contribution in [0, 0.1) is 11.8 Å². The van der Waals surface area contributed by atoms with Crippen molar-refractivity contribution in [3.05, 3.63) is 59.7 Å². The molecule has 2 aromatic rings. The van der Waals surface area contributed by atoms with Crippen molar-refractivity contribution in [3.63, 3.8) is 0 Å². The number of carboxylic acids is 1. The van der Waals surface area contributed by atoms with E-state index in [9.17, 15) is 19.5 Å². The lowest BCUT2D eigenvalue weighted by atomic mass is 9.95. The molecule has 4 rings (SSSR count). The van der Waals surface area contributed by atoms with Crippen LogP contribution in [-0.4, -0.2) is 65.4 Å². The number of carbonyl (C=O) groups excluding carboxylic acids is 2. The lowest BCUT2D eigenvalue weighted by Crippen LogP contribution is -2.38. The van der Waals surface area contributed by atoms with Gasteiger partial charge in [0.1, 0.15) is 6.61 Å². The Bertz CT molecular complexity index is 1030. The van der Waals surface area contributed by atoms with Crippen molar-refractivity contribution in [1.29, 1.82) is 0 Å². The number of benzene rings is 2. The zero-order valence-corrected chi connectivity index (χ0v) is 19.1. The molecule has 8 heteroatoms. The van der Waals surface area contributed by atoms with Gasteiger partial charge in [-0.2, -0.15) is 0 Å². The number of aliphatic carboxylic acids is 1. The minimum atomic E-state index is -1.05. The zero-order chi connectivity index (χ0) is 24.2. The third-order valence-corrected chi connectivity index (χ3v) is 6.79. The number of aliphatic hydroxyl groups is 1. The molecule has 1 saturated heterocycles. The SMILES string of the molecule is CC1CN(C(=O)CC(O)CNC(=O)OCC2c3ccccc3-c3ccccc32)CC1CC(=O)O. The maximum absolute atomic E-state index is 12.5. The summed E-state index contributed by atoms with van der Waals surface area (Å²) >= 11 is 0. The molecule has 1 fully saturated rings. The normalized spacial score (nSPS) is 19.9. The molecule has 3 N–H and O–H groups in total. The quantitative estimate of drug-likeness (QED) is 0.551. The third-order valence-electron chi connectivity index (χ3n) is 6.79. The number of aliphatic hydroxyl groups excluding tert-OH is 1. The highest BCUT2D eigenvalue weighted by atomic mass is 16.5. The fourth-order valence-corrected chi connectivity index (χ4v) is 4.98. The van der Waals surface area contributed by atoms with Crippen LogP contribution in [0.15, 0.2) is 48.5 Å². The van der Waals surface area contributed by atoms with E-state index in [2.05, 4.69) is 17.4 Å². The van der Waals surface area contributed by atoms with Gasteiger partial charge in [0.2, 0.25) is 5.91 Å². The first kappa shape index (κ1) is 23.8. The number of carbonyl (C=O) groups is 3. The van der Waals surface area contributed by atoms with Gasteiger partial charge in [-0.3, -0.25) is 9.59 Å². The lowest BCUT2D eigenvalue weighted by Gasteiger charge is -2.19. The minimum absolute atomic E-state index is 0.0246. The molecule has 2 amide bonds. The molecule has 8 nitrogen and oxygen atoms in total. The van der Waals surface area contributed by atoms with Gasteiger partial charge in [-0.1, -0.05) is 55.5 Å². The Morgan fingerprint density at radius 3 is 2.29 bits per heavy atom. The van der Waals surface area contributed by atoms with Crippen LogP contribution in [0.2, 0.25) is 0 Å². The highest BCUT2D eigenvalue weighted by Gasteiger charge is 2.34. The molecule has 1 aliphatic heterocycles. The highest BCUT2D eigenvalue weighted by Crippen LogP contribution is 2.44. The molecule has 2 aromatic carbocycles. The molecule has 1 heterocycles. The Hall–Kier alpha value is -3.39. The van der Waals surface area contributed by atoms with Crippen molar-refractivity contribution in [2.75, 3.05) is 26.2 Å². The van der Waals surface area contributed by atoms with Gasteiger partial charge in [0.05, 0.1) is 18.9 Å². The first-order chi connectivity index (χ1) is 16.3. The number of likely N-dealkylation sites (tertiary alicyclic amines) is 1. The zero-order valence-electron chi connectivity index (χ0n) is 19.1. The summed E-state index contributed by atoms with van der Waals surface area (Å²) in [6.07, 6.45) is -1.82. The van der Waals surface area contributed by atoms with Crippen molar-refractivity contribution in [2.24, 2.45) is 11.8 Å². The summed E-state index contributed by atoms with van der Waals surface area (Å²) in [4.78, 5) is 37.3. The van der Waals surface area contributed by atoms with Gasteiger partial charge in [0.25, 0.3) is 0 Å². The summed E-state index contributed by atoms with van der Waals surface area (Å²) in [5.41, 5.74) is 4.51. The predicted molar refractivity (Wildman–Crippen MR) is 125 cm³/mol. The van der Waals surface area contributed by atoms with Gasteiger partial charge in [0.15, 0.2) is 0 Å². The monoisotopic (exact) mass is 466 g/mol. The molecule has 180 valence electrons. The number of nitrogens with one attached hydrogen (secondary N) is 1. The van der Waals surface area contributed by atoms with Crippen LogP contribution in [0.5, 0.6) is 0 Å². The van der Waals surface area contributed by atoms with Gasteiger partial charge in [-0.25, -0.2) is 4.79 Å². The number of amides is 2. The van der Waals surface area contributed by atoms with Crippen LogP contribution in [0.1, 0.15) is 36.8 Å². The summed E-state index contributed by atoms with van der Waals surface area (Å²) < 4.78 is 5.45. The van der Waals surface area contributed by atoms with Crippen molar-refractivity contribution in [1.82, 2.24) is 10.2 Å². The van der Waals surface area contributed by atoms with Crippen molar-refractivity contribution in [3.8, 4) is 11.1 Å². The lowest BCUT2D eigenvalue weighted by molar-refractivity contribution is -0.139. The molecule has 3 atom stereocenters. The fraction of sp³-hybridized carbons (Fsp3) is 0.423. The number of alkyl carbamates (subject to hydrolysis) is 1. The number of ether oxygens (including phenoxy) is 1. The number of nitrogens with zero attached hydrogens (tertiary/aromatic N) is 1. The molecular formula is C26H30N2O6.